The lowest BCUT2D eigenvalue weighted by atomic mass is 10.2. The lowest BCUT2D eigenvalue weighted by Gasteiger charge is -2.35. The van der Waals surface area contributed by atoms with Crippen LogP contribution in [-0.2, 0) is 11.3 Å². The van der Waals surface area contributed by atoms with Gasteiger partial charge in [0, 0.05) is 39.8 Å². The van der Waals surface area contributed by atoms with Crippen molar-refractivity contribution in [1.82, 2.24) is 15.5 Å². The Morgan fingerprint density at radius 3 is 2.77 bits per heavy atom. The summed E-state index contributed by atoms with van der Waals surface area (Å²) < 4.78 is 5.76. The second-order valence-corrected chi connectivity index (χ2v) is 6.63. The van der Waals surface area contributed by atoms with Crippen LogP contribution in [0.1, 0.15) is 25.8 Å². The van der Waals surface area contributed by atoms with Gasteiger partial charge in [0.25, 0.3) is 0 Å². The predicted octanol–water partition coefficient (Wildman–Crippen LogP) is 1.91. The average Bonchev–Trinajstić information content (AvgIpc) is 2.99. The Kier molecular flexibility index (Phi) is 7.15. The first-order valence-electron chi connectivity index (χ1n) is 8.00. The summed E-state index contributed by atoms with van der Waals surface area (Å²) >= 11 is 1.72. The van der Waals surface area contributed by atoms with Gasteiger partial charge >= 0.3 is 0 Å². The molecule has 22 heavy (non-hydrogen) atoms. The summed E-state index contributed by atoms with van der Waals surface area (Å²) in [7, 11) is 1.81. The van der Waals surface area contributed by atoms with E-state index in [1.54, 1.807) is 11.3 Å². The zero-order chi connectivity index (χ0) is 15.8. The molecule has 2 rings (SSSR count). The summed E-state index contributed by atoms with van der Waals surface area (Å²) in [6, 6.07) is 2.13. The first-order valence-corrected chi connectivity index (χ1v) is 8.95. The molecule has 1 saturated heterocycles. The molecule has 6 heteroatoms. The molecule has 1 aromatic heterocycles. The molecule has 0 aliphatic carbocycles. The quantitative estimate of drug-likeness (QED) is 0.477. The first kappa shape index (κ1) is 17.2. The highest BCUT2D eigenvalue weighted by molar-refractivity contribution is 7.07. The molecule has 1 aliphatic rings. The molecule has 2 N–H and O–H groups in total. The lowest BCUT2D eigenvalue weighted by Crippen LogP contribution is -2.46. The highest BCUT2D eigenvalue weighted by Gasteiger charge is 2.21. The van der Waals surface area contributed by atoms with Crippen molar-refractivity contribution in [2.24, 2.45) is 4.99 Å². The number of guanidine groups is 1. The molecule has 2 unspecified atom stereocenters. The van der Waals surface area contributed by atoms with Crippen LogP contribution in [0, 0.1) is 0 Å². The summed E-state index contributed by atoms with van der Waals surface area (Å²) in [6.45, 7) is 9.23. The van der Waals surface area contributed by atoms with Gasteiger partial charge < -0.3 is 15.4 Å². The van der Waals surface area contributed by atoms with E-state index in [1.165, 1.54) is 5.56 Å². The standard InChI is InChI=1S/C16H28N4OS/c1-13-10-20(11-14(2)21-13)7-4-6-18-16(17-3)19-9-15-5-8-22-12-15/h5,8,12-14H,4,6-7,9-11H2,1-3H3,(H2,17,18,19). The minimum absolute atomic E-state index is 0.344. The number of hydrogen-bond acceptors (Lipinski definition) is 4. The zero-order valence-electron chi connectivity index (χ0n) is 13.8. The molecular weight excluding hydrogens is 296 g/mol. The highest BCUT2D eigenvalue weighted by atomic mass is 32.1. The number of ether oxygens (including phenoxy) is 1. The van der Waals surface area contributed by atoms with Crippen LogP contribution in [0.15, 0.2) is 21.8 Å². The van der Waals surface area contributed by atoms with E-state index in [4.69, 9.17) is 4.74 Å². The third kappa shape index (κ3) is 5.94. The Balaban J connectivity index is 1.60. The SMILES string of the molecule is CN=C(NCCCN1CC(C)OC(C)C1)NCc1ccsc1. The van der Waals surface area contributed by atoms with Gasteiger partial charge in [0.2, 0.25) is 0 Å². The largest absolute Gasteiger partial charge is 0.373 e. The van der Waals surface area contributed by atoms with E-state index in [0.29, 0.717) is 12.2 Å². The van der Waals surface area contributed by atoms with Gasteiger partial charge in [0.15, 0.2) is 5.96 Å². The maximum Gasteiger partial charge on any atom is 0.191 e. The minimum Gasteiger partial charge on any atom is -0.373 e. The molecular formula is C16H28N4OS. The fourth-order valence-electron chi connectivity index (χ4n) is 2.78. The summed E-state index contributed by atoms with van der Waals surface area (Å²) in [5, 5.41) is 11.0. The van der Waals surface area contributed by atoms with Crippen LogP contribution in [0.25, 0.3) is 0 Å². The third-order valence-electron chi connectivity index (χ3n) is 3.70. The number of rotatable bonds is 6. The second-order valence-electron chi connectivity index (χ2n) is 5.85. The monoisotopic (exact) mass is 324 g/mol. The van der Waals surface area contributed by atoms with Gasteiger partial charge in [-0.25, -0.2) is 0 Å². The van der Waals surface area contributed by atoms with Crippen molar-refractivity contribution in [2.75, 3.05) is 33.2 Å². The van der Waals surface area contributed by atoms with Crippen molar-refractivity contribution in [3.63, 3.8) is 0 Å². The molecule has 2 heterocycles. The molecule has 5 nitrogen and oxygen atoms in total. The number of thiophene rings is 1. The van der Waals surface area contributed by atoms with Gasteiger partial charge in [0.1, 0.15) is 0 Å². The minimum atomic E-state index is 0.344. The number of morpholine rings is 1. The normalized spacial score (nSPS) is 23.5. The van der Waals surface area contributed by atoms with Gasteiger partial charge in [-0.3, -0.25) is 9.89 Å². The lowest BCUT2D eigenvalue weighted by molar-refractivity contribution is -0.0679. The fourth-order valence-corrected chi connectivity index (χ4v) is 3.44. The molecule has 0 spiro atoms. The number of nitrogens with zero attached hydrogens (tertiary/aromatic N) is 2. The molecule has 2 atom stereocenters. The van der Waals surface area contributed by atoms with E-state index in [-0.39, 0.29) is 0 Å². The summed E-state index contributed by atoms with van der Waals surface area (Å²) in [5.41, 5.74) is 1.30. The molecule has 1 fully saturated rings. The summed E-state index contributed by atoms with van der Waals surface area (Å²) in [4.78, 5) is 6.75. The Morgan fingerprint density at radius 1 is 1.36 bits per heavy atom. The van der Waals surface area contributed by atoms with Crippen LogP contribution in [-0.4, -0.2) is 56.3 Å². The Morgan fingerprint density at radius 2 is 2.14 bits per heavy atom. The Bertz CT molecular complexity index is 439. The maximum absolute atomic E-state index is 5.76. The number of hydrogen-bond donors (Lipinski definition) is 2. The van der Waals surface area contributed by atoms with Crippen LogP contribution in [0.3, 0.4) is 0 Å². The van der Waals surface area contributed by atoms with Crippen molar-refractivity contribution >= 4 is 17.3 Å². The van der Waals surface area contributed by atoms with E-state index < -0.39 is 0 Å². The molecule has 0 bridgehead atoms. The van der Waals surface area contributed by atoms with E-state index in [2.05, 4.69) is 51.2 Å². The van der Waals surface area contributed by atoms with Crippen molar-refractivity contribution < 1.29 is 4.74 Å². The maximum atomic E-state index is 5.76. The molecule has 1 aromatic rings. The van der Waals surface area contributed by atoms with Crippen molar-refractivity contribution in [3.05, 3.63) is 22.4 Å². The molecule has 124 valence electrons. The fraction of sp³-hybridized carbons (Fsp3) is 0.688. The van der Waals surface area contributed by atoms with Crippen LogP contribution in [0.5, 0.6) is 0 Å². The van der Waals surface area contributed by atoms with Gasteiger partial charge in [-0.15, -0.1) is 0 Å². The van der Waals surface area contributed by atoms with Gasteiger partial charge in [-0.05, 0) is 42.7 Å². The average molecular weight is 324 g/mol. The highest BCUT2D eigenvalue weighted by Crippen LogP contribution is 2.10. The molecule has 0 saturated carbocycles. The zero-order valence-corrected chi connectivity index (χ0v) is 14.7. The van der Waals surface area contributed by atoms with Crippen molar-refractivity contribution in [3.8, 4) is 0 Å². The summed E-state index contributed by atoms with van der Waals surface area (Å²) in [5.74, 6) is 0.870. The van der Waals surface area contributed by atoms with Gasteiger partial charge in [-0.1, -0.05) is 0 Å². The topological polar surface area (TPSA) is 48.9 Å². The Labute approximate surface area is 137 Å². The van der Waals surface area contributed by atoms with E-state index >= 15 is 0 Å². The van der Waals surface area contributed by atoms with Crippen LogP contribution in [0.4, 0.5) is 0 Å². The van der Waals surface area contributed by atoms with Gasteiger partial charge in [0.05, 0.1) is 12.2 Å². The van der Waals surface area contributed by atoms with Crippen LogP contribution < -0.4 is 10.6 Å². The van der Waals surface area contributed by atoms with E-state index in [1.807, 2.05) is 7.05 Å². The van der Waals surface area contributed by atoms with Gasteiger partial charge in [-0.2, -0.15) is 11.3 Å². The smallest absolute Gasteiger partial charge is 0.191 e. The number of aliphatic imine (C=N–C) groups is 1. The second kappa shape index (κ2) is 9.12. The molecule has 1 aliphatic heterocycles. The third-order valence-corrected chi connectivity index (χ3v) is 4.43. The molecule has 0 amide bonds. The van der Waals surface area contributed by atoms with Crippen molar-refractivity contribution in [2.45, 2.75) is 39.0 Å². The van der Waals surface area contributed by atoms with Crippen LogP contribution >= 0.6 is 11.3 Å². The summed E-state index contributed by atoms with van der Waals surface area (Å²) in [6.07, 6.45) is 1.80. The van der Waals surface area contributed by atoms with E-state index in [0.717, 1.165) is 45.1 Å². The van der Waals surface area contributed by atoms with E-state index in [9.17, 15) is 0 Å². The molecule has 0 aromatic carbocycles. The van der Waals surface area contributed by atoms with Crippen molar-refractivity contribution in [1.29, 1.82) is 0 Å². The Hall–Kier alpha value is -1.11. The number of nitrogens with one attached hydrogen (secondary N) is 2. The predicted molar refractivity (Wildman–Crippen MR) is 93.6 cm³/mol. The van der Waals surface area contributed by atoms with Crippen LogP contribution in [0.2, 0.25) is 0 Å². The molecule has 0 radical (unpaired) electrons. The first-order chi connectivity index (χ1) is 10.7.